The quantitative estimate of drug-likeness (QED) is 0.629. The Hall–Kier alpha value is -0.890. The Morgan fingerprint density at radius 2 is 1.69 bits per heavy atom. The molecule has 0 fully saturated rings. The minimum atomic E-state index is 0.729. The van der Waals surface area contributed by atoms with Gasteiger partial charge < -0.3 is 4.42 Å². The predicted molar refractivity (Wildman–Crippen MR) is 57.7 cm³/mol. The van der Waals surface area contributed by atoms with E-state index in [9.17, 15) is 0 Å². The summed E-state index contributed by atoms with van der Waals surface area (Å²) in [5.41, 5.74) is 4.54. The number of benzene rings is 1. The van der Waals surface area contributed by atoms with E-state index in [0.717, 1.165) is 16.2 Å². The molecule has 0 atom stereocenters. The lowest BCUT2D eigenvalue weighted by Crippen LogP contribution is -1.79. The number of fused-ring (bicyclic) bond motifs is 1. The summed E-state index contributed by atoms with van der Waals surface area (Å²) in [6.45, 7) is 6.19. The molecule has 68 valence electrons. The van der Waals surface area contributed by atoms with Crippen molar-refractivity contribution in [2.24, 2.45) is 0 Å². The summed E-state index contributed by atoms with van der Waals surface area (Å²) in [5.74, 6) is 0. The van der Waals surface area contributed by atoms with Gasteiger partial charge in [0.1, 0.15) is 5.58 Å². The van der Waals surface area contributed by atoms with Crippen molar-refractivity contribution in [2.75, 3.05) is 0 Å². The monoisotopic (exact) mass is 192 g/mol. The van der Waals surface area contributed by atoms with Crippen molar-refractivity contribution in [3.63, 3.8) is 0 Å². The molecule has 1 nitrogen and oxygen atoms in total. The molecule has 0 radical (unpaired) electrons. The fourth-order valence-electron chi connectivity index (χ4n) is 1.66. The topological polar surface area (TPSA) is 13.1 Å². The van der Waals surface area contributed by atoms with E-state index >= 15 is 0 Å². The Balaban J connectivity index is 3.00. The fourth-order valence-corrected chi connectivity index (χ4v) is 1.87. The average molecular weight is 192 g/mol. The van der Waals surface area contributed by atoms with E-state index in [1.165, 1.54) is 16.5 Å². The maximum Gasteiger partial charge on any atom is 0.161 e. The smallest absolute Gasteiger partial charge is 0.161 e. The van der Waals surface area contributed by atoms with Crippen LogP contribution >= 0.6 is 12.6 Å². The van der Waals surface area contributed by atoms with Gasteiger partial charge in [0, 0.05) is 10.9 Å². The molecular formula is C11H12OS. The summed E-state index contributed by atoms with van der Waals surface area (Å²) in [6.07, 6.45) is 0. The molecule has 0 saturated heterocycles. The Labute approximate surface area is 83.2 Å². The highest BCUT2D eigenvalue weighted by Crippen LogP contribution is 2.31. The zero-order valence-corrected chi connectivity index (χ0v) is 8.90. The second kappa shape index (κ2) is 2.81. The molecule has 1 aromatic carbocycles. The van der Waals surface area contributed by atoms with Gasteiger partial charge in [-0.25, -0.2) is 0 Å². The molecule has 0 bridgehead atoms. The first kappa shape index (κ1) is 8.70. The zero-order chi connectivity index (χ0) is 9.59. The van der Waals surface area contributed by atoms with Crippen LogP contribution in [-0.2, 0) is 0 Å². The summed E-state index contributed by atoms with van der Waals surface area (Å²) in [6, 6.07) is 4.20. The molecule has 13 heavy (non-hydrogen) atoms. The molecule has 1 heterocycles. The van der Waals surface area contributed by atoms with Crippen LogP contribution in [0.2, 0.25) is 0 Å². The van der Waals surface area contributed by atoms with Gasteiger partial charge in [-0.15, -0.1) is 12.6 Å². The lowest BCUT2D eigenvalue weighted by atomic mass is 10.1. The number of furan rings is 1. The standard InChI is InChI=1S/C11H12OS/c1-6-4-5-7(2)10-9(6)8(3)11(13)12-10/h4-5,13H,1-3H3. The van der Waals surface area contributed by atoms with Crippen LogP contribution in [0.25, 0.3) is 11.0 Å². The summed E-state index contributed by atoms with van der Waals surface area (Å²) in [4.78, 5) is 0. The molecule has 0 aliphatic rings. The van der Waals surface area contributed by atoms with Crippen LogP contribution in [0.15, 0.2) is 21.6 Å². The molecular weight excluding hydrogens is 180 g/mol. The molecule has 0 saturated carbocycles. The van der Waals surface area contributed by atoms with Gasteiger partial charge in [-0.2, -0.15) is 0 Å². The van der Waals surface area contributed by atoms with Crippen LogP contribution in [0.4, 0.5) is 0 Å². The summed E-state index contributed by atoms with van der Waals surface area (Å²) in [5, 5.41) is 1.94. The van der Waals surface area contributed by atoms with Gasteiger partial charge in [0.05, 0.1) is 0 Å². The highest BCUT2D eigenvalue weighted by Gasteiger charge is 2.11. The number of rotatable bonds is 0. The average Bonchev–Trinajstić information content (AvgIpc) is 2.38. The largest absolute Gasteiger partial charge is 0.450 e. The van der Waals surface area contributed by atoms with Crippen molar-refractivity contribution in [1.29, 1.82) is 0 Å². The first-order chi connectivity index (χ1) is 6.11. The van der Waals surface area contributed by atoms with E-state index in [4.69, 9.17) is 4.42 Å². The normalized spacial score (nSPS) is 11.1. The fraction of sp³-hybridized carbons (Fsp3) is 0.273. The van der Waals surface area contributed by atoms with Gasteiger partial charge in [-0.1, -0.05) is 12.1 Å². The van der Waals surface area contributed by atoms with E-state index in [1.54, 1.807) is 0 Å². The van der Waals surface area contributed by atoms with Gasteiger partial charge >= 0.3 is 0 Å². The number of hydrogen-bond donors (Lipinski definition) is 1. The second-order valence-electron chi connectivity index (χ2n) is 3.44. The molecule has 0 spiro atoms. The number of aryl methyl sites for hydroxylation is 3. The van der Waals surface area contributed by atoms with Crippen molar-refractivity contribution in [3.8, 4) is 0 Å². The van der Waals surface area contributed by atoms with Gasteiger partial charge in [0.2, 0.25) is 0 Å². The third-order valence-corrected chi connectivity index (χ3v) is 2.88. The molecule has 2 rings (SSSR count). The predicted octanol–water partition coefficient (Wildman–Crippen LogP) is 3.65. The summed E-state index contributed by atoms with van der Waals surface area (Å²) >= 11 is 4.28. The molecule has 0 unspecified atom stereocenters. The maximum atomic E-state index is 5.57. The van der Waals surface area contributed by atoms with Crippen molar-refractivity contribution in [2.45, 2.75) is 25.9 Å². The van der Waals surface area contributed by atoms with Crippen molar-refractivity contribution in [1.82, 2.24) is 0 Å². The van der Waals surface area contributed by atoms with E-state index in [-0.39, 0.29) is 0 Å². The Bertz CT molecular complexity index is 468. The molecule has 0 aliphatic carbocycles. The minimum Gasteiger partial charge on any atom is -0.450 e. The maximum absolute atomic E-state index is 5.57. The van der Waals surface area contributed by atoms with Gasteiger partial charge in [0.25, 0.3) is 0 Å². The lowest BCUT2D eigenvalue weighted by Gasteiger charge is -1.98. The van der Waals surface area contributed by atoms with Crippen LogP contribution in [0.3, 0.4) is 0 Å². The van der Waals surface area contributed by atoms with Crippen molar-refractivity contribution in [3.05, 3.63) is 28.8 Å². The number of hydrogen-bond acceptors (Lipinski definition) is 2. The van der Waals surface area contributed by atoms with Gasteiger partial charge in [-0.05, 0) is 31.9 Å². The van der Waals surface area contributed by atoms with Crippen LogP contribution in [0.5, 0.6) is 0 Å². The molecule has 0 aliphatic heterocycles. The highest BCUT2D eigenvalue weighted by atomic mass is 32.1. The van der Waals surface area contributed by atoms with E-state index in [1.807, 2.05) is 6.92 Å². The Morgan fingerprint density at radius 1 is 1.08 bits per heavy atom. The van der Waals surface area contributed by atoms with E-state index < -0.39 is 0 Å². The van der Waals surface area contributed by atoms with Crippen LogP contribution < -0.4 is 0 Å². The Kier molecular flexibility index (Phi) is 1.88. The second-order valence-corrected chi connectivity index (χ2v) is 3.84. The molecule has 1 aromatic heterocycles. The molecule has 0 N–H and O–H groups in total. The summed E-state index contributed by atoms with van der Waals surface area (Å²) in [7, 11) is 0. The first-order valence-electron chi connectivity index (χ1n) is 4.29. The molecule has 2 heteroatoms. The SMILES string of the molecule is Cc1ccc(C)c2c(C)c(S)oc12. The van der Waals surface area contributed by atoms with Crippen LogP contribution in [0.1, 0.15) is 16.7 Å². The van der Waals surface area contributed by atoms with Crippen molar-refractivity contribution < 1.29 is 4.42 Å². The highest BCUT2D eigenvalue weighted by molar-refractivity contribution is 7.80. The Morgan fingerprint density at radius 3 is 2.31 bits per heavy atom. The number of thiol groups is 1. The molecule has 0 amide bonds. The molecule has 2 aromatic rings. The van der Waals surface area contributed by atoms with E-state index in [2.05, 4.69) is 38.6 Å². The van der Waals surface area contributed by atoms with Crippen LogP contribution in [0, 0.1) is 20.8 Å². The minimum absolute atomic E-state index is 0.729. The third kappa shape index (κ3) is 1.17. The first-order valence-corrected chi connectivity index (χ1v) is 4.74. The van der Waals surface area contributed by atoms with Crippen molar-refractivity contribution >= 4 is 23.6 Å². The van der Waals surface area contributed by atoms with Gasteiger partial charge in [-0.3, -0.25) is 0 Å². The summed E-state index contributed by atoms with van der Waals surface area (Å²) < 4.78 is 5.57. The lowest BCUT2D eigenvalue weighted by molar-refractivity contribution is 0.510. The van der Waals surface area contributed by atoms with Gasteiger partial charge in [0.15, 0.2) is 5.09 Å². The van der Waals surface area contributed by atoms with Crippen LogP contribution in [-0.4, -0.2) is 0 Å². The van der Waals surface area contributed by atoms with E-state index in [0.29, 0.717) is 0 Å². The third-order valence-electron chi connectivity index (χ3n) is 2.46. The zero-order valence-electron chi connectivity index (χ0n) is 8.01.